The van der Waals surface area contributed by atoms with Gasteiger partial charge in [-0.2, -0.15) is 4.98 Å². The molecule has 1 aromatic carbocycles. The van der Waals surface area contributed by atoms with E-state index >= 15 is 0 Å². The molecule has 0 spiro atoms. The molecule has 3 aromatic rings. The first-order valence-corrected chi connectivity index (χ1v) is 6.56. The SMILES string of the molecule is Nc1cccc(-c2nc(-c3ccc(F)c(F)c3Br)no2)n1. The van der Waals surface area contributed by atoms with E-state index in [1.54, 1.807) is 18.2 Å². The van der Waals surface area contributed by atoms with E-state index in [2.05, 4.69) is 31.1 Å². The molecule has 0 saturated carbocycles. The Hall–Kier alpha value is -2.35. The fraction of sp³-hybridized carbons (Fsp3) is 0. The number of aromatic nitrogens is 3. The molecule has 0 bridgehead atoms. The van der Waals surface area contributed by atoms with Gasteiger partial charge in [-0.15, -0.1) is 0 Å². The molecule has 2 N–H and O–H groups in total. The van der Waals surface area contributed by atoms with Crippen molar-refractivity contribution in [2.45, 2.75) is 0 Å². The maximum Gasteiger partial charge on any atom is 0.276 e. The summed E-state index contributed by atoms with van der Waals surface area (Å²) in [6.07, 6.45) is 0. The Labute approximate surface area is 125 Å². The van der Waals surface area contributed by atoms with Crippen molar-refractivity contribution in [2.75, 3.05) is 5.73 Å². The molecule has 0 fully saturated rings. The van der Waals surface area contributed by atoms with Gasteiger partial charge < -0.3 is 10.3 Å². The number of rotatable bonds is 2. The van der Waals surface area contributed by atoms with Crippen molar-refractivity contribution in [3.63, 3.8) is 0 Å². The van der Waals surface area contributed by atoms with Crippen LogP contribution in [-0.4, -0.2) is 15.1 Å². The van der Waals surface area contributed by atoms with Crippen molar-refractivity contribution in [3.8, 4) is 23.0 Å². The fourth-order valence-corrected chi connectivity index (χ4v) is 2.20. The van der Waals surface area contributed by atoms with E-state index in [1.165, 1.54) is 6.07 Å². The second-order valence-corrected chi connectivity index (χ2v) is 4.89. The van der Waals surface area contributed by atoms with Gasteiger partial charge in [0.05, 0.1) is 4.47 Å². The third kappa shape index (κ3) is 2.49. The number of pyridine rings is 1. The Bertz CT molecular complexity index is 822. The molecule has 21 heavy (non-hydrogen) atoms. The first-order chi connectivity index (χ1) is 10.1. The summed E-state index contributed by atoms with van der Waals surface area (Å²) >= 11 is 2.97. The minimum absolute atomic E-state index is 0.0737. The number of anilines is 1. The monoisotopic (exact) mass is 352 g/mol. The van der Waals surface area contributed by atoms with Gasteiger partial charge >= 0.3 is 0 Å². The maximum absolute atomic E-state index is 13.5. The molecule has 2 aromatic heterocycles. The van der Waals surface area contributed by atoms with Gasteiger partial charge in [0, 0.05) is 5.56 Å². The summed E-state index contributed by atoms with van der Waals surface area (Å²) in [7, 11) is 0. The Morgan fingerprint density at radius 3 is 2.67 bits per heavy atom. The summed E-state index contributed by atoms with van der Waals surface area (Å²) in [5.74, 6) is -1.43. The summed E-state index contributed by atoms with van der Waals surface area (Å²) in [5.41, 5.74) is 6.24. The zero-order chi connectivity index (χ0) is 15.0. The largest absolute Gasteiger partial charge is 0.384 e. The smallest absolute Gasteiger partial charge is 0.276 e. The van der Waals surface area contributed by atoms with Gasteiger partial charge in [0.15, 0.2) is 11.6 Å². The second-order valence-electron chi connectivity index (χ2n) is 4.09. The zero-order valence-electron chi connectivity index (χ0n) is 10.3. The highest BCUT2D eigenvalue weighted by Gasteiger charge is 2.18. The lowest BCUT2D eigenvalue weighted by molar-refractivity contribution is 0.431. The Morgan fingerprint density at radius 1 is 1.10 bits per heavy atom. The number of benzene rings is 1. The zero-order valence-corrected chi connectivity index (χ0v) is 11.9. The summed E-state index contributed by atoms with van der Waals surface area (Å²) in [6.45, 7) is 0. The average molecular weight is 353 g/mol. The number of nitrogen functional groups attached to an aromatic ring is 1. The van der Waals surface area contributed by atoms with E-state index in [0.717, 1.165) is 6.07 Å². The number of nitrogens with two attached hydrogens (primary N) is 1. The van der Waals surface area contributed by atoms with E-state index < -0.39 is 11.6 Å². The highest BCUT2D eigenvalue weighted by molar-refractivity contribution is 9.10. The van der Waals surface area contributed by atoms with Gasteiger partial charge in [0.25, 0.3) is 5.89 Å². The van der Waals surface area contributed by atoms with Crippen molar-refractivity contribution < 1.29 is 13.3 Å². The quantitative estimate of drug-likeness (QED) is 0.715. The topological polar surface area (TPSA) is 77.8 Å². The van der Waals surface area contributed by atoms with Gasteiger partial charge in [0.1, 0.15) is 11.5 Å². The Morgan fingerprint density at radius 2 is 1.90 bits per heavy atom. The van der Waals surface area contributed by atoms with Crippen LogP contribution in [0.2, 0.25) is 0 Å². The highest BCUT2D eigenvalue weighted by Crippen LogP contribution is 2.31. The molecule has 0 aliphatic heterocycles. The molecule has 8 heteroatoms. The van der Waals surface area contributed by atoms with Gasteiger partial charge in [-0.25, -0.2) is 13.8 Å². The molecule has 0 aliphatic rings. The molecule has 2 heterocycles. The predicted molar refractivity (Wildman–Crippen MR) is 75.0 cm³/mol. The van der Waals surface area contributed by atoms with Gasteiger partial charge in [-0.1, -0.05) is 11.2 Å². The first kappa shape index (κ1) is 13.6. The second kappa shape index (κ2) is 5.21. The van der Waals surface area contributed by atoms with E-state index in [1.807, 2.05) is 0 Å². The van der Waals surface area contributed by atoms with Gasteiger partial charge in [-0.05, 0) is 40.2 Å². The first-order valence-electron chi connectivity index (χ1n) is 5.77. The third-order valence-corrected chi connectivity index (χ3v) is 3.47. The van der Waals surface area contributed by atoms with Crippen LogP contribution in [0.3, 0.4) is 0 Å². The molecule has 5 nitrogen and oxygen atoms in total. The van der Waals surface area contributed by atoms with Crippen LogP contribution in [0.4, 0.5) is 14.6 Å². The Kier molecular flexibility index (Phi) is 3.38. The summed E-state index contributed by atoms with van der Waals surface area (Å²) in [6, 6.07) is 7.30. The predicted octanol–water partition coefficient (Wildman–Crippen LogP) is 3.42. The molecule has 0 atom stereocenters. The molecular formula is C13H7BrF2N4O. The minimum atomic E-state index is -1.01. The Balaban J connectivity index is 2.05. The van der Waals surface area contributed by atoms with Crippen LogP contribution in [0.25, 0.3) is 23.0 Å². The molecule has 0 radical (unpaired) electrons. The standard InChI is InChI=1S/C13H7BrF2N4O/c14-10-6(4-5-7(15)11(10)16)12-19-13(21-20-12)8-2-1-3-9(17)18-8/h1-5H,(H2,17,18). The van der Waals surface area contributed by atoms with E-state index in [9.17, 15) is 8.78 Å². The lowest BCUT2D eigenvalue weighted by Crippen LogP contribution is -1.92. The summed E-state index contributed by atoms with van der Waals surface area (Å²) < 4.78 is 31.6. The average Bonchev–Trinajstić information content (AvgIpc) is 2.94. The van der Waals surface area contributed by atoms with Crippen LogP contribution in [0.1, 0.15) is 0 Å². The van der Waals surface area contributed by atoms with Crippen LogP contribution in [0.5, 0.6) is 0 Å². The lowest BCUT2D eigenvalue weighted by atomic mass is 10.2. The van der Waals surface area contributed by atoms with Gasteiger partial charge in [-0.3, -0.25) is 0 Å². The highest BCUT2D eigenvalue weighted by atomic mass is 79.9. The molecule has 106 valence electrons. The van der Waals surface area contributed by atoms with E-state index in [4.69, 9.17) is 10.3 Å². The van der Waals surface area contributed by atoms with Crippen LogP contribution < -0.4 is 5.73 Å². The molecule has 0 unspecified atom stereocenters. The molecule has 0 aliphatic carbocycles. The van der Waals surface area contributed by atoms with Crippen molar-refractivity contribution in [1.29, 1.82) is 0 Å². The molecule has 0 saturated heterocycles. The molecule has 3 rings (SSSR count). The van der Waals surface area contributed by atoms with Crippen molar-refractivity contribution in [3.05, 3.63) is 46.4 Å². The lowest BCUT2D eigenvalue weighted by Gasteiger charge is -2.01. The number of halogens is 3. The third-order valence-electron chi connectivity index (χ3n) is 2.69. The van der Waals surface area contributed by atoms with Crippen LogP contribution in [0, 0.1) is 11.6 Å². The molecular weight excluding hydrogens is 346 g/mol. The number of nitrogens with zero attached hydrogens (tertiary/aromatic N) is 3. The minimum Gasteiger partial charge on any atom is -0.384 e. The van der Waals surface area contributed by atoms with Crippen LogP contribution >= 0.6 is 15.9 Å². The summed E-state index contributed by atoms with van der Waals surface area (Å²) in [5, 5.41) is 3.74. The number of hydrogen-bond donors (Lipinski definition) is 1. The van der Waals surface area contributed by atoms with E-state index in [-0.39, 0.29) is 21.8 Å². The molecule has 0 amide bonds. The maximum atomic E-state index is 13.5. The van der Waals surface area contributed by atoms with Crippen molar-refractivity contribution in [1.82, 2.24) is 15.1 Å². The fourth-order valence-electron chi connectivity index (χ4n) is 1.71. The normalized spacial score (nSPS) is 10.8. The van der Waals surface area contributed by atoms with E-state index in [0.29, 0.717) is 11.5 Å². The van der Waals surface area contributed by atoms with Crippen LogP contribution in [0.15, 0.2) is 39.3 Å². The summed E-state index contributed by atoms with van der Waals surface area (Å²) in [4.78, 5) is 8.15. The van der Waals surface area contributed by atoms with Crippen LogP contribution in [-0.2, 0) is 0 Å². The van der Waals surface area contributed by atoms with Crippen molar-refractivity contribution >= 4 is 21.7 Å². The van der Waals surface area contributed by atoms with Gasteiger partial charge in [0.2, 0.25) is 5.82 Å². The van der Waals surface area contributed by atoms with Crippen molar-refractivity contribution in [2.24, 2.45) is 0 Å². The number of hydrogen-bond acceptors (Lipinski definition) is 5.